The van der Waals surface area contributed by atoms with Crippen molar-refractivity contribution in [3.05, 3.63) is 29.3 Å². The molecule has 0 fully saturated rings. The SMILES string of the molecule is Cc1ccc([C@H](C)N)c(OCCOCC(F)(F)F)c1. The minimum Gasteiger partial charge on any atom is -0.491 e. The molecule has 0 aliphatic rings. The fraction of sp³-hybridized carbons (Fsp3) is 0.538. The van der Waals surface area contributed by atoms with Gasteiger partial charge in [-0.3, -0.25) is 0 Å². The van der Waals surface area contributed by atoms with E-state index < -0.39 is 12.8 Å². The van der Waals surface area contributed by atoms with Gasteiger partial charge in [-0.2, -0.15) is 13.2 Å². The zero-order valence-corrected chi connectivity index (χ0v) is 11.0. The number of hydrogen-bond acceptors (Lipinski definition) is 3. The van der Waals surface area contributed by atoms with E-state index in [1.54, 1.807) is 0 Å². The van der Waals surface area contributed by atoms with Crippen molar-refractivity contribution < 1.29 is 22.6 Å². The first-order chi connectivity index (χ1) is 8.79. The molecular formula is C13H18F3NO2. The van der Waals surface area contributed by atoms with E-state index in [4.69, 9.17) is 10.5 Å². The molecule has 1 aromatic rings. The Labute approximate surface area is 110 Å². The zero-order chi connectivity index (χ0) is 14.5. The number of rotatable bonds is 6. The van der Waals surface area contributed by atoms with Gasteiger partial charge in [0.2, 0.25) is 0 Å². The second kappa shape index (κ2) is 6.77. The van der Waals surface area contributed by atoms with Crippen molar-refractivity contribution in [2.45, 2.75) is 26.1 Å². The molecule has 0 aromatic heterocycles. The molecule has 0 aliphatic heterocycles. The van der Waals surface area contributed by atoms with E-state index in [-0.39, 0.29) is 19.3 Å². The quantitative estimate of drug-likeness (QED) is 0.813. The molecule has 1 rings (SSSR count). The Kier molecular flexibility index (Phi) is 5.62. The van der Waals surface area contributed by atoms with Gasteiger partial charge in [0.15, 0.2) is 0 Å². The van der Waals surface area contributed by atoms with Gasteiger partial charge in [0.1, 0.15) is 19.0 Å². The zero-order valence-electron chi connectivity index (χ0n) is 11.0. The highest BCUT2D eigenvalue weighted by Gasteiger charge is 2.27. The summed E-state index contributed by atoms with van der Waals surface area (Å²) in [6.07, 6.45) is -4.31. The Hall–Kier alpha value is -1.27. The van der Waals surface area contributed by atoms with Crippen LogP contribution in [0.2, 0.25) is 0 Å². The van der Waals surface area contributed by atoms with Crippen LogP contribution in [0.25, 0.3) is 0 Å². The van der Waals surface area contributed by atoms with Gasteiger partial charge in [-0.15, -0.1) is 0 Å². The monoisotopic (exact) mass is 277 g/mol. The van der Waals surface area contributed by atoms with Crippen LogP contribution in [0.15, 0.2) is 18.2 Å². The molecular weight excluding hydrogens is 259 g/mol. The molecule has 108 valence electrons. The second-order valence-electron chi connectivity index (χ2n) is 4.35. The third-order valence-electron chi connectivity index (χ3n) is 2.41. The fourth-order valence-electron chi connectivity index (χ4n) is 1.54. The van der Waals surface area contributed by atoms with Crippen LogP contribution in [-0.4, -0.2) is 26.0 Å². The van der Waals surface area contributed by atoms with Crippen molar-refractivity contribution >= 4 is 0 Å². The van der Waals surface area contributed by atoms with E-state index in [0.717, 1.165) is 11.1 Å². The average Bonchev–Trinajstić information content (AvgIpc) is 2.26. The highest BCUT2D eigenvalue weighted by molar-refractivity contribution is 5.38. The summed E-state index contributed by atoms with van der Waals surface area (Å²) < 4.78 is 45.4. The molecule has 0 unspecified atom stereocenters. The summed E-state index contributed by atoms with van der Waals surface area (Å²) in [5, 5.41) is 0. The Morgan fingerprint density at radius 2 is 1.95 bits per heavy atom. The average molecular weight is 277 g/mol. The Balaban J connectivity index is 2.46. The largest absolute Gasteiger partial charge is 0.491 e. The lowest BCUT2D eigenvalue weighted by atomic mass is 10.1. The molecule has 0 radical (unpaired) electrons. The first kappa shape index (κ1) is 15.8. The number of ether oxygens (including phenoxy) is 2. The normalized spacial score (nSPS) is 13.4. The van der Waals surface area contributed by atoms with Crippen molar-refractivity contribution in [3.8, 4) is 5.75 Å². The number of benzene rings is 1. The lowest BCUT2D eigenvalue weighted by Gasteiger charge is -2.15. The molecule has 2 N–H and O–H groups in total. The standard InChI is InChI=1S/C13H18F3NO2/c1-9-3-4-11(10(2)17)12(7-9)19-6-5-18-8-13(14,15)16/h3-4,7,10H,5-6,8,17H2,1-2H3/t10-/m0/s1. The van der Waals surface area contributed by atoms with Crippen LogP contribution >= 0.6 is 0 Å². The van der Waals surface area contributed by atoms with Gasteiger partial charge in [0.25, 0.3) is 0 Å². The molecule has 1 atom stereocenters. The topological polar surface area (TPSA) is 44.5 Å². The van der Waals surface area contributed by atoms with Gasteiger partial charge in [-0.1, -0.05) is 12.1 Å². The second-order valence-corrected chi connectivity index (χ2v) is 4.35. The third kappa shape index (κ3) is 5.94. The maximum absolute atomic E-state index is 11.8. The van der Waals surface area contributed by atoms with E-state index >= 15 is 0 Å². The number of nitrogens with two attached hydrogens (primary N) is 1. The molecule has 0 heterocycles. The van der Waals surface area contributed by atoms with E-state index in [2.05, 4.69) is 4.74 Å². The van der Waals surface area contributed by atoms with Crippen LogP contribution in [0.3, 0.4) is 0 Å². The summed E-state index contributed by atoms with van der Waals surface area (Å²) in [6, 6.07) is 5.37. The summed E-state index contributed by atoms with van der Waals surface area (Å²) in [7, 11) is 0. The van der Waals surface area contributed by atoms with Gasteiger partial charge in [0.05, 0.1) is 6.61 Å². The van der Waals surface area contributed by atoms with Gasteiger partial charge < -0.3 is 15.2 Å². The predicted octanol–water partition coefficient (Wildman–Crippen LogP) is 2.97. The van der Waals surface area contributed by atoms with E-state index in [0.29, 0.717) is 5.75 Å². The Morgan fingerprint density at radius 1 is 1.26 bits per heavy atom. The van der Waals surface area contributed by atoms with Crippen LogP contribution in [0.4, 0.5) is 13.2 Å². The summed E-state index contributed by atoms with van der Waals surface area (Å²) >= 11 is 0. The van der Waals surface area contributed by atoms with Gasteiger partial charge in [0, 0.05) is 11.6 Å². The molecule has 6 heteroatoms. The molecule has 0 bridgehead atoms. The smallest absolute Gasteiger partial charge is 0.411 e. The van der Waals surface area contributed by atoms with Crippen molar-refractivity contribution in [2.24, 2.45) is 5.73 Å². The van der Waals surface area contributed by atoms with Crippen LogP contribution < -0.4 is 10.5 Å². The van der Waals surface area contributed by atoms with E-state index in [9.17, 15) is 13.2 Å². The Morgan fingerprint density at radius 3 is 2.53 bits per heavy atom. The van der Waals surface area contributed by atoms with Crippen molar-refractivity contribution in [2.75, 3.05) is 19.8 Å². The van der Waals surface area contributed by atoms with Crippen molar-refractivity contribution in [1.29, 1.82) is 0 Å². The molecule has 1 aromatic carbocycles. The van der Waals surface area contributed by atoms with Gasteiger partial charge in [-0.05, 0) is 25.5 Å². The summed E-state index contributed by atoms with van der Waals surface area (Å²) in [6.45, 7) is 2.39. The lowest BCUT2D eigenvalue weighted by molar-refractivity contribution is -0.175. The number of halogens is 3. The van der Waals surface area contributed by atoms with Crippen LogP contribution in [-0.2, 0) is 4.74 Å². The molecule has 19 heavy (non-hydrogen) atoms. The molecule has 0 spiro atoms. The lowest BCUT2D eigenvalue weighted by Crippen LogP contribution is -2.19. The molecule has 3 nitrogen and oxygen atoms in total. The molecule has 0 saturated carbocycles. The molecule has 0 aliphatic carbocycles. The number of alkyl halides is 3. The number of hydrogen-bond donors (Lipinski definition) is 1. The predicted molar refractivity (Wildman–Crippen MR) is 66.2 cm³/mol. The van der Waals surface area contributed by atoms with Crippen molar-refractivity contribution in [1.82, 2.24) is 0 Å². The number of aryl methyl sites for hydroxylation is 1. The first-order valence-corrected chi connectivity index (χ1v) is 5.93. The molecule has 0 saturated heterocycles. The molecule has 0 amide bonds. The third-order valence-corrected chi connectivity index (χ3v) is 2.41. The summed E-state index contributed by atoms with van der Waals surface area (Å²) in [4.78, 5) is 0. The fourth-order valence-corrected chi connectivity index (χ4v) is 1.54. The summed E-state index contributed by atoms with van der Waals surface area (Å²) in [5.41, 5.74) is 7.61. The van der Waals surface area contributed by atoms with E-state index in [1.807, 2.05) is 32.0 Å². The van der Waals surface area contributed by atoms with Crippen LogP contribution in [0, 0.1) is 6.92 Å². The highest BCUT2D eigenvalue weighted by atomic mass is 19.4. The van der Waals surface area contributed by atoms with Gasteiger partial charge in [-0.25, -0.2) is 0 Å². The summed E-state index contributed by atoms with van der Waals surface area (Å²) in [5.74, 6) is 0.589. The van der Waals surface area contributed by atoms with Crippen LogP contribution in [0.1, 0.15) is 24.1 Å². The highest BCUT2D eigenvalue weighted by Crippen LogP contribution is 2.25. The maximum atomic E-state index is 11.8. The van der Waals surface area contributed by atoms with Crippen LogP contribution in [0.5, 0.6) is 5.75 Å². The minimum atomic E-state index is -4.31. The Bertz CT molecular complexity index is 405. The minimum absolute atomic E-state index is 0.0548. The first-order valence-electron chi connectivity index (χ1n) is 5.93. The van der Waals surface area contributed by atoms with Gasteiger partial charge >= 0.3 is 6.18 Å². The van der Waals surface area contributed by atoms with Crippen molar-refractivity contribution in [3.63, 3.8) is 0 Å². The van der Waals surface area contributed by atoms with E-state index in [1.165, 1.54) is 0 Å². The maximum Gasteiger partial charge on any atom is 0.411 e.